The van der Waals surface area contributed by atoms with Gasteiger partial charge in [0.25, 0.3) is 0 Å². The first-order chi connectivity index (χ1) is 9.84. The number of nitrogens with zero attached hydrogens (tertiary/aromatic N) is 1. The van der Waals surface area contributed by atoms with Crippen molar-refractivity contribution in [2.24, 2.45) is 5.92 Å². The summed E-state index contributed by atoms with van der Waals surface area (Å²) in [7, 11) is 0. The van der Waals surface area contributed by atoms with Crippen molar-refractivity contribution in [2.45, 2.75) is 18.8 Å². The molecule has 21 heavy (non-hydrogen) atoms. The molecule has 1 heterocycles. The van der Waals surface area contributed by atoms with Gasteiger partial charge in [-0.1, -0.05) is 11.6 Å². The summed E-state index contributed by atoms with van der Waals surface area (Å²) in [4.78, 5) is 15.9. The van der Waals surface area contributed by atoms with E-state index in [4.69, 9.17) is 11.6 Å². The number of hydrogen-bond acceptors (Lipinski definition) is 2. The molecule has 3 nitrogen and oxygen atoms in total. The number of amides is 1. The molecule has 1 aromatic heterocycles. The zero-order valence-corrected chi connectivity index (χ0v) is 13.0. The lowest BCUT2D eigenvalue weighted by atomic mass is 9.81. The predicted molar refractivity (Wildman–Crippen MR) is 80.8 cm³/mol. The first kappa shape index (κ1) is 14.7. The van der Waals surface area contributed by atoms with Crippen molar-refractivity contribution in [2.75, 3.05) is 5.32 Å². The molecule has 0 atom stereocenters. The Bertz CT molecular complexity index is 730. The fourth-order valence-electron chi connectivity index (χ4n) is 2.28. The van der Waals surface area contributed by atoms with E-state index in [-0.39, 0.29) is 0 Å². The second-order valence-electron chi connectivity index (χ2n) is 5.13. The Labute approximate surface area is 132 Å². The van der Waals surface area contributed by atoms with Crippen LogP contribution in [-0.2, 0) is 4.79 Å². The molecular weight excluding hydrogens is 366 g/mol. The van der Waals surface area contributed by atoms with Crippen LogP contribution >= 0.6 is 27.5 Å². The Morgan fingerprint density at radius 1 is 1.33 bits per heavy atom. The molecule has 1 amide bonds. The van der Waals surface area contributed by atoms with Crippen LogP contribution in [-0.4, -0.2) is 16.8 Å². The Balaban J connectivity index is 1.79. The number of anilines is 1. The van der Waals surface area contributed by atoms with Crippen molar-refractivity contribution < 1.29 is 13.6 Å². The number of benzene rings is 1. The second-order valence-corrected chi connectivity index (χ2v) is 6.39. The summed E-state index contributed by atoms with van der Waals surface area (Å²) >= 11 is 9.32. The maximum absolute atomic E-state index is 12.8. The molecule has 1 fully saturated rings. The van der Waals surface area contributed by atoms with Gasteiger partial charge in [-0.2, -0.15) is 0 Å². The van der Waals surface area contributed by atoms with Crippen molar-refractivity contribution in [1.82, 2.24) is 4.98 Å². The van der Waals surface area contributed by atoms with E-state index in [9.17, 15) is 13.6 Å². The molecule has 0 bridgehead atoms. The van der Waals surface area contributed by atoms with Crippen LogP contribution in [0, 0.1) is 5.92 Å². The van der Waals surface area contributed by atoms with E-state index in [1.54, 1.807) is 18.3 Å². The average Bonchev–Trinajstić information content (AvgIpc) is 2.37. The number of hydrogen-bond donors (Lipinski definition) is 1. The van der Waals surface area contributed by atoms with Gasteiger partial charge in [0.2, 0.25) is 11.8 Å². The minimum absolute atomic E-state index is 0.344. The van der Waals surface area contributed by atoms with Crippen molar-refractivity contribution >= 4 is 50.0 Å². The first-order valence-corrected chi connectivity index (χ1v) is 7.45. The third kappa shape index (κ3) is 3.01. The first-order valence-electron chi connectivity index (χ1n) is 6.27. The second kappa shape index (κ2) is 5.18. The Hall–Kier alpha value is -1.27. The quantitative estimate of drug-likeness (QED) is 0.831. The molecule has 2 aromatic rings. The van der Waals surface area contributed by atoms with E-state index in [2.05, 4.69) is 26.2 Å². The summed E-state index contributed by atoms with van der Waals surface area (Å²) < 4.78 is 26.3. The molecule has 1 N–H and O–H groups in total. The normalized spacial score (nSPS) is 17.5. The van der Waals surface area contributed by atoms with Gasteiger partial charge in [-0.05, 0) is 39.5 Å². The molecule has 0 radical (unpaired) electrons. The lowest BCUT2D eigenvalue weighted by Gasteiger charge is -2.33. The average molecular weight is 376 g/mol. The molecule has 0 unspecified atom stereocenters. The SMILES string of the molecule is O=C(Nc1cc2cc(Br)c(Cl)cc2cn1)C1CC(F)(F)C1. The smallest absolute Gasteiger partial charge is 0.249 e. The number of aromatic nitrogens is 1. The van der Waals surface area contributed by atoms with E-state index >= 15 is 0 Å². The summed E-state index contributed by atoms with van der Waals surface area (Å²) in [5.41, 5.74) is 0. The summed E-state index contributed by atoms with van der Waals surface area (Å²) in [5, 5.41) is 4.82. The molecule has 110 valence electrons. The number of alkyl halides is 2. The number of halogens is 4. The molecule has 0 aliphatic heterocycles. The number of carbonyl (C=O) groups excluding carboxylic acids is 1. The molecule has 3 rings (SSSR count). The van der Waals surface area contributed by atoms with Crippen LogP contribution in [0.25, 0.3) is 10.8 Å². The van der Waals surface area contributed by atoms with Crippen molar-refractivity contribution in [3.05, 3.63) is 33.9 Å². The van der Waals surface area contributed by atoms with Gasteiger partial charge in [0, 0.05) is 34.8 Å². The topological polar surface area (TPSA) is 42.0 Å². The fraction of sp³-hybridized carbons (Fsp3) is 0.286. The van der Waals surface area contributed by atoms with Crippen LogP contribution in [0.4, 0.5) is 14.6 Å². The number of nitrogens with one attached hydrogen (secondary N) is 1. The predicted octanol–water partition coefficient (Wildman–Crippen LogP) is 4.63. The molecule has 1 aliphatic carbocycles. The third-order valence-corrected chi connectivity index (χ3v) is 4.67. The van der Waals surface area contributed by atoms with Crippen LogP contribution in [0.3, 0.4) is 0 Å². The van der Waals surface area contributed by atoms with Gasteiger partial charge in [-0.15, -0.1) is 0 Å². The highest BCUT2D eigenvalue weighted by molar-refractivity contribution is 9.10. The highest BCUT2D eigenvalue weighted by Gasteiger charge is 2.48. The molecule has 0 saturated heterocycles. The van der Waals surface area contributed by atoms with Gasteiger partial charge in [0.15, 0.2) is 0 Å². The molecule has 7 heteroatoms. The maximum Gasteiger partial charge on any atom is 0.249 e. The Morgan fingerprint density at radius 2 is 2.05 bits per heavy atom. The molecular formula is C14H10BrClF2N2O. The van der Waals surface area contributed by atoms with Gasteiger partial charge in [0.05, 0.1) is 5.02 Å². The van der Waals surface area contributed by atoms with Crippen LogP contribution in [0.15, 0.2) is 28.9 Å². The molecule has 1 aliphatic rings. The minimum Gasteiger partial charge on any atom is -0.310 e. The molecule has 1 saturated carbocycles. The van der Waals surface area contributed by atoms with E-state index in [0.29, 0.717) is 10.8 Å². The molecule has 1 aromatic carbocycles. The Morgan fingerprint density at radius 3 is 2.71 bits per heavy atom. The third-order valence-electron chi connectivity index (χ3n) is 3.47. The van der Waals surface area contributed by atoms with E-state index in [1.165, 1.54) is 0 Å². The highest BCUT2D eigenvalue weighted by atomic mass is 79.9. The summed E-state index contributed by atoms with van der Waals surface area (Å²) in [5.74, 6) is -3.42. The van der Waals surface area contributed by atoms with Crippen molar-refractivity contribution in [3.63, 3.8) is 0 Å². The van der Waals surface area contributed by atoms with Gasteiger partial charge in [-0.3, -0.25) is 4.79 Å². The summed E-state index contributed by atoms with van der Waals surface area (Å²) in [6.45, 7) is 0. The van der Waals surface area contributed by atoms with E-state index < -0.39 is 30.6 Å². The largest absolute Gasteiger partial charge is 0.310 e. The van der Waals surface area contributed by atoms with E-state index in [1.807, 2.05) is 6.07 Å². The van der Waals surface area contributed by atoms with E-state index in [0.717, 1.165) is 15.2 Å². The standard InChI is InChI=1S/C14H10BrClF2N2O/c15-10-1-7-3-12(19-6-8(7)2-11(10)16)20-13(21)9-4-14(17,18)5-9/h1-3,6,9H,4-5H2,(H,19,20,21). The number of carbonyl (C=O) groups is 1. The number of fused-ring (bicyclic) bond motifs is 1. The van der Waals surface area contributed by atoms with Gasteiger partial charge in [-0.25, -0.2) is 13.8 Å². The van der Waals surface area contributed by atoms with Gasteiger partial charge >= 0.3 is 0 Å². The maximum atomic E-state index is 12.8. The zero-order chi connectivity index (χ0) is 15.2. The van der Waals surface area contributed by atoms with Crippen LogP contribution in [0.1, 0.15) is 12.8 Å². The highest BCUT2D eigenvalue weighted by Crippen LogP contribution is 2.42. The Kier molecular flexibility index (Phi) is 3.61. The lowest BCUT2D eigenvalue weighted by molar-refractivity contribution is -0.145. The van der Waals surface area contributed by atoms with Crippen molar-refractivity contribution in [1.29, 1.82) is 0 Å². The minimum atomic E-state index is -2.71. The number of rotatable bonds is 2. The van der Waals surface area contributed by atoms with Crippen LogP contribution in [0.5, 0.6) is 0 Å². The zero-order valence-electron chi connectivity index (χ0n) is 10.7. The molecule has 0 spiro atoms. The monoisotopic (exact) mass is 374 g/mol. The van der Waals surface area contributed by atoms with Gasteiger partial charge in [0.1, 0.15) is 5.82 Å². The van der Waals surface area contributed by atoms with Crippen LogP contribution in [0.2, 0.25) is 5.02 Å². The summed E-state index contributed by atoms with van der Waals surface area (Å²) in [6, 6.07) is 5.25. The van der Waals surface area contributed by atoms with Crippen LogP contribution < -0.4 is 5.32 Å². The van der Waals surface area contributed by atoms with Gasteiger partial charge < -0.3 is 5.32 Å². The summed E-state index contributed by atoms with van der Waals surface area (Å²) in [6.07, 6.45) is 0.791. The fourth-order valence-corrected chi connectivity index (χ4v) is 2.81. The van der Waals surface area contributed by atoms with Crippen molar-refractivity contribution in [3.8, 4) is 0 Å². The number of pyridine rings is 1. The lowest BCUT2D eigenvalue weighted by Crippen LogP contribution is -2.42.